The second-order valence-corrected chi connectivity index (χ2v) is 7.67. The van der Waals surface area contributed by atoms with Gasteiger partial charge in [0.1, 0.15) is 30.3 Å². The number of hydrogen-bond donors (Lipinski definition) is 1. The van der Waals surface area contributed by atoms with E-state index in [1.54, 1.807) is 36.4 Å². The first kappa shape index (κ1) is 23.1. The highest BCUT2D eigenvalue weighted by Crippen LogP contribution is 2.22. The third-order valence-electron chi connectivity index (χ3n) is 5.06. The van der Waals surface area contributed by atoms with E-state index in [2.05, 4.69) is 5.43 Å². The average molecular weight is 459 g/mol. The van der Waals surface area contributed by atoms with Crippen LogP contribution in [0.4, 0.5) is 5.69 Å². The van der Waals surface area contributed by atoms with Gasteiger partial charge in [-0.05, 0) is 60.5 Å². The Balaban J connectivity index is 1.25. The highest BCUT2D eigenvalue weighted by Gasteiger charge is 2.34. The van der Waals surface area contributed by atoms with E-state index in [0.717, 1.165) is 11.3 Å². The van der Waals surface area contributed by atoms with Crippen LogP contribution in [0.3, 0.4) is 0 Å². The van der Waals surface area contributed by atoms with Crippen LogP contribution in [-0.4, -0.2) is 38.2 Å². The average Bonchev–Trinajstić information content (AvgIpc) is 3.13. The second kappa shape index (κ2) is 11.2. The van der Waals surface area contributed by atoms with E-state index in [-0.39, 0.29) is 5.57 Å². The molecule has 7 nitrogen and oxygen atoms in total. The number of ether oxygens (including phenoxy) is 3. The van der Waals surface area contributed by atoms with E-state index in [1.807, 2.05) is 55.5 Å². The molecule has 2 amide bonds. The highest BCUT2D eigenvalue weighted by atomic mass is 16.5. The molecule has 34 heavy (non-hydrogen) atoms. The van der Waals surface area contributed by atoms with Gasteiger partial charge in [0, 0.05) is 0 Å². The number of hydrogen-bond acceptors (Lipinski definition) is 5. The smallest absolute Gasteiger partial charge is 0.282 e. The Kier molecular flexibility index (Phi) is 7.57. The monoisotopic (exact) mass is 458 g/mol. The molecule has 1 saturated heterocycles. The maximum absolute atomic E-state index is 12.7. The first-order valence-electron chi connectivity index (χ1n) is 11.0. The Morgan fingerprint density at radius 1 is 0.794 bits per heavy atom. The fourth-order valence-electron chi connectivity index (χ4n) is 3.42. The van der Waals surface area contributed by atoms with Gasteiger partial charge in [0.25, 0.3) is 11.8 Å². The van der Waals surface area contributed by atoms with Crippen molar-refractivity contribution in [2.24, 2.45) is 0 Å². The number of aryl methyl sites for hydroxylation is 1. The lowest BCUT2D eigenvalue weighted by Crippen LogP contribution is -2.35. The first-order chi connectivity index (χ1) is 16.6. The van der Waals surface area contributed by atoms with Crippen LogP contribution in [0.2, 0.25) is 0 Å². The predicted octanol–water partition coefficient (Wildman–Crippen LogP) is 3.93. The molecule has 0 spiro atoms. The Morgan fingerprint density at radius 3 is 2.18 bits per heavy atom. The lowest BCUT2D eigenvalue weighted by atomic mass is 10.1. The molecule has 0 saturated carbocycles. The van der Waals surface area contributed by atoms with E-state index in [1.165, 1.54) is 5.01 Å². The molecule has 1 aliphatic heterocycles. The number of para-hydroxylation sites is 1. The fraction of sp³-hybridized carbons (Fsp3) is 0.185. The molecule has 1 N–H and O–H groups in total. The van der Waals surface area contributed by atoms with Crippen LogP contribution in [0.25, 0.3) is 6.08 Å². The summed E-state index contributed by atoms with van der Waals surface area (Å²) in [5.41, 5.74) is 5.11. The van der Waals surface area contributed by atoms with E-state index in [0.29, 0.717) is 43.4 Å². The van der Waals surface area contributed by atoms with Crippen molar-refractivity contribution in [3.63, 3.8) is 0 Å². The number of hydrazine groups is 1. The lowest BCUT2D eigenvalue weighted by Gasteiger charge is -2.13. The molecule has 0 unspecified atom stereocenters. The summed E-state index contributed by atoms with van der Waals surface area (Å²) in [6.07, 6.45) is 1.56. The van der Waals surface area contributed by atoms with Gasteiger partial charge in [-0.2, -0.15) is 0 Å². The van der Waals surface area contributed by atoms with Gasteiger partial charge in [0.2, 0.25) is 0 Å². The molecule has 0 aromatic heterocycles. The van der Waals surface area contributed by atoms with Gasteiger partial charge in [-0.1, -0.05) is 42.5 Å². The number of carbonyl (C=O) groups excluding carboxylic acids is 2. The first-order valence-corrected chi connectivity index (χ1v) is 11.0. The summed E-state index contributed by atoms with van der Waals surface area (Å²) in [5, 5.41) is 1.24. The number of nitrogens with one attached hydrogen (secondary N) is 1. The molecule has 3 aromatic carbocycles. The minimum absolute atomic E-state index is 0.0675. The number of rotatable bonds is 10. The molecule has 0 bridgehead atoms. The Hall–Kier alpha value is -4.10. The maximum Gasteiger partial charge on any atom is 0.282 e. The van der Waals surface area contributed by atoms with Gasteiger partial charge in [-0.15, -0.1) is 0 Å². The van der Waals surface area contributed by atoms with Crippen molar-refractivity contribution < 1.29 is 23.8 Å². The van der Waals surface area contributed by atoms with Crippen LogP contribution < -0.4 is 19.9 Å². The van der Waals surface area contributed by atoms with E-state index < -0.39 is 11.8 Å². The van der Waals surface area contributed by atoms with Crippen molar-refractivity contribution in [3.05, 3.63) is 95.6 Å². The van der Waals surface area contributed by atoms with Gasteiger partial charge in [-0.3, -0.25) is 15.0 Å². The zero-order valence-electron chi connectivity index (χ0n) is 18.9. The summed E-state index contributed by atoms with van der Waals surface area (Å²) < 4.78 is 17.0. The number of anilines is 1. The Bertz CT molecular complexity index is 1180. The molecule has 0 aliphatic carbocycles. The lowest BCUT2D eigenvalue weighted by molar-refractivity contribution is -0.117. The van der Waals surface area contributed by atoms with Gasteiger partial charge in [0.05, 0.1) is 18.9 Å². The second-order valence-electron chi connectivity index (χ2n) is 7.67. The molecule has 4 rings (SSSR count). The molecule has 1 aliphatic rings. The highest BCUT2D eigenvalue weighted by molar-refractivity contribution is 6.31. The molecular formula is C27H26N2O5. The quantitative estimate of drug-likeness (QED) is 0.283. The molecule has 1 heterocycles. The van der Waals surface area contributed by atoms with Crippen LogP contribution in [-0.2, 0) is 14.3 Å². The summed E-state index contributed by atoms with van der Waals surface area (Å²) in [5.74, 6) is 0.608. The topological polar surface area (TPSA) is 77.1 Å². The van der Waals surface area contributed by atoms with E-state index in [4.69, 9.17) is 14.2 Å². The van der Waals surface area contributed by atoms with E-state index in [9.17, 15) is 9.59 Å². The van der Waals surface area contributed by atoms with Crippen molar-refractivity contribution in [3.8, 4) is 11.5 Å². The number of nitrogens with zero attached hydrogens (tertiary/aromatic N) is 1. The third kappa shape index (κ3) is 6.02. The molecule has 1 fully saturated rings. The molecular weight excluding hydrogens is 432 g/mol. The van der Waals surface area contributed by atoms with Crippen LogP contribution in [0.5, 0.6) is 11.5 Å². The van der Waals surface area contributed by atoms with Crippen molar-refractivity contribution >= 4 is 23.6 Å². The van der Waals surface area contributed by atoms with Crippen LogP contribution >= 0.6 is 0 Å². The van der Waals surface area contributed by atoms with Crippen LogP contribution in [0.15, 0.2) is 84.4 Å². The summed E-state index contributed by atoms with van der Waals surface area (Å²) in [6.45, 7) is 3.72. The van der Waals surface area contributed by atoms with Gasteiger partial charge in [0.15, 0.2) is 0 Å². The third-order valence-corrected chi connectivity index (χ3v) is 5.06. The van der Waals surface area contributed by atoms with Crippen LogP contribution in [0.1, 0.15) is 11.1 Å². The minimum Gasteiger partial charge on any atom is -0.491 e. The minimum atomic E-state index is -0.443. The maximum atomic E-state index is 12.7. The molecule has 0 atom stereocenters. The zero-order valence-corrected chi connectivity index (χ0v) is 18.9. The molecule has 0 radical (unpaired) electrons. The fourth-order valence-corrected chi connectivity index (χ4v) is 3.42. The van der Waals surface area contributed by atoms with Crippen LogP contribution in [0, 0.1) is 6.92 Å². The van der Waals surface area contributed by atoms with Crippen molar-refractivity contribution in [1.82, 2.24) is 5.43 Å². The normalized spacial score (nSPS) is 14.4. The van der Waals surface area contributed by atoms with Gasteiger partial charge in [-0.25, -0.2) is 5.01 Å². The van der Waals surface area contributed by atoms with Crippen molar-refractivity contribution in [2.75, 3.05) is 31.4 Å². The SMILES string of the molecule is Cc1cccc(OCCOCCOc2cccc(/C=C3\C(=O)NN(c4ccccc4)C3=O)c2)c1. The largest absolute Gasteiger partial charge is 0.491 e. The number of benzene rings is 3. The molecule has 3 aromatic rings. The van der Waals surface area contributed by atoms with Gasteiger partial charge < -0.3 is 14.2 Å². The summed E-state index contributed by atoms with van der Waals surface area (Å²) in [4.78, 5) is 25.1. The standard InChI is InChI=1S/C27H26N2O5/c1-20-7-5-11-23(17-20)33-15-13-32-14-16-34-24-12-6-8-21(18-24)19-25-26(30)28-29(27(25)31)22-9-3-2-4-10-22/h2-12,17-19H,13-16H2,1H3,(H,28,30)/b25-19+. The molecule has 7 heteroatoms. The Morgan fingerprint density at radius 2 is 1.47 bits per heavy atom. The van der Waals surface area contributed by atoms with Crippen molar-refractivity contribution in [1.29, 1.82) is 0 Å². The molecule has 174 valence electrons. The number of carbonyl (C=O) groups is 2. The summed E-state index contributed by atoms with van der Waals surface area (Å²) in [6, 6.07) is 24.1. The van der Waals surface area contributed by atoms with Crippen molar-refractivity contribution in [2.45, 2.75) is 6.92 Å². The van der Waals surface area contributed by atoms with E-state index >= 15 is 0 Å². The Labute approximate surface area is 198 Å². The zero-order chi connectivity index (χ0) is 23.8. The summed E-state index contributed by atoms with van der Waals surface area (Å²) >= 11 is 0. The predicted molar refractivity (Wildman–Crippen MR) is 129 cm³/mol. The number of amides is 2. The summed E-state index contributed by atoms with van der Waals surface area (Å²) in [7, 11) is 0. The van der Waals surface area contributed by atoms with Gasteiger partial charge >= 0.3 is 0 Å².